The molecule has 2 saturated heterocycles. The summed E-state index contributed by atoms with van der Waals surface area (Å²) in [5.74, 6) is 1.26. The molecule has 120 valence electrons. The molecule has 6 heteroatoms. The van der Waals surface area contributed by atoms with Crippen molar-refractivity contribution < 1.29 is 4.79 Å². The van der Waals surface area contributed by atoms with Crippen LogP contribution in [0.2, 0.25) is 5.02 Å². The zero-order valence-corrected chi connectivity index (χ0v) is 14.3. The number of hydrogen-bond donors (Lipinski definition) is 0. The van der Waals surface area contributed by atoms with E-state index in [0.717, 1.165) is 37.7 Å². The van der Waals surface area contributed by atoms with Gasteiger partial charge in [-0.3, -0.25) is 9.69 Å². The minimum atomic E-state index is 0.0879. The predicted molar refractivity (Wildman–Crippen MR) is 91.7 cm³/mol. The molecule has 2 aliphatic heterocycles. The molecule has 3 heterocycles. The SMILES string of the molecule is O=C(c1cscn1)N1C[C@H]2CN(Cc3ccc(Cl)cc3)C[C@H]2C1. The number of aromatic nitrogens is 1. The molecule has 0 unspecified atom stereocenters. The van der Waals surface area contributed by atoms with E-state index in [9.17, 15) is 4.79 Å². The van der Waals surface area contributed by atoms with Gasteiger partial charge in [-0.2, -0.15) is 0 Å². The van der Waals surface area contributed by atoms with Crippen molar-refractivity contribution in [1.82, 2.24) is 14.8 Å². The molecule has 1 aromatic carbocycles. The average Bonchev–Trinajstić information content (AvgIpc) is 3.24. The molecule has 2 aliphatic rings. The Morgan fingerprint density at radius 2 is 1.87 bits per heavy atom. The Kier molecular flexibility index (Phi) is 4.09. The largest absolute Gasteiger partial charge is 0.337 e. The fourth-order valence-corrected chi connectivity index (χ4v) is 4.37. The normalized spacial score (nSPS) is 24.1. The summed E-state index contributed by atoms with van der Waals surface area (Å²) in [6, 6.07) is 8.08. The highest BCUT2D eigenvalue weighted by atomic mass is 35.5. The summed E-state index contributed by atoms with van der Waals surface area (Å²) in [7, 11) is 0. The van der Waals surface area contributed by atoms with Gasteiger partial charge in [0.25, 0.3) is 5.91 Å². The number of amides is 1. The molecule has 0 aliphatic carbocycles. The summed E-state index contributed by atoms with van der Waals surface area (Å²) in [4.78, 5) is 21.0. The lowest BCUT2D eigenvalue weighted by Gasteiger charge is -2.21. The van der Waals surface area contributed by atoms with Gasteiger partial charge >= 0.3 is 0 Å². The number of thiazole rings is 1. The van der Waals surface area contributed by atoms with Gasteiger partial charge in [-0.25, -0.2) is 4.98 Å². The standard InChI is InChI=1S/C17H18ClN3OS/c18-15-3-1-12(2-4-15)5-20-6-13-8-21(9-14(13)7-20)17(22)16-10-23-11-19-16/h1-4,10-11,13-14H,5-9H2/t13-,14+. The van der Waals surface area contributed by atoms with Crippen molar-refractivity contribution in [2.24, 2.45) is 11.8 Å². The van der Waals surface area contributed by atoms with Crippen molar-refractivity contribution in [2.45, 2.75) is 6.54 Å². The van der Waals surface area contributed by atoms with Gasteiger partial charge in [-0.05, 0) is 29.5 Å². The van der Waals surface area contributed by atoms with Crippen LogP contribution in [-0.4, -0.2) is 46.9 Å². The van der Waals surface area contributed by atoms with Crippen molar-refractivity contribution >= 4 is 28.8 Å². The van der Waals surface area contributed by atoms with E-state index in [4.69, 9.17) is 11.6 Å². The van der Waals surface area contributed by atoms with E-state index >= 15 is 0 Å². The first-order valence-corrected chi connectivity index (χ1v) is 9.15. The van der Waals surface area contributed by atoms with Crippen LogP contribution in [0.3, 0.4) is 0 Å². The van der Waals surface area contributed by atoms with E-state index in [0.29, 0.717) is 17.5 Å². The number of rotatable bonds is 3. The second-order valence-corrected chi connectivity index (χ2v) is 7.58. The summed E-state index contributed by atoms with van der Waals surface area (Å²) in [6.45, 7) is 4.81. The minimum Gasteiger partial charge on any atom is -0.337 e. The van der Waals surface area contributed by atoms with Crippen molar-refractivity contribution in [3.63, 3.8) is 0 Å². The van der Waals surface area contributed by atoms with Crippen molar-refractivity contribution in [3.8, 4) is 0 Å². The first-order chi connectivity index (χ1) is 11.2. The summed E-state index contributed by atoms with van der Waals surface area (Å²) < 4.78 is 0. The molecule has 23 heavy (non-hydrogen) atoms. The van der Waals surface area contributed by atoms with Gasteiger partial charge in [0.05, 0.1) is 5.51 Å². The number of likely N-dealkylation sites (tertiary alicyclic amines) is 2. The molecule has 2 fully saturated rings. The number of halogens is 1. The maximum atomic E-state index is 12.4. The highest BCUT2D eigenvalue weighted by Crippen LogP contribution is 2.32. The molecule has 4 rings (SSSR count). The van der Waals surface area contributed by atoms with Crippen LogP contribution in [-0.2, 0) is 6.54 Å². The van der Waals surface area contributed by atoms with Gasteiger partial charge in [0.1, 0.15) is 5.69 Å². The van der Waals surface area contributed by atoms with Crippen LogP contribution in [0, 0.1) is 11.8 Å². The van der Waals surface area contributed by atoms with Gasteiger partial charge in [0.2, 0.25) is 0 Å². The lowest BCUT2D eigenvalue weighted by Crippen LogP contribution is -2.33. The molecule has 0 radical (unpaired) electrons. The van der Waals surface area contributed by atoms with Crippen LogP contribution >= 0.6 is 22.9 Å². The summed E-state index contributed by atoms with van der Waals surface area (Å²) >= 11 is 7.41. The van der Waals surface area contributed by atoms with Crippen molar-refractivity contribution in [2.75, 3.05) is 26.2 Å². The molecule has 4 nitrogen and oxygen atoms in total. The predicted octanol–water partition coefficient (Wildman–Crippen LogP) is 3.00. The third-order valence-electron chi connectivity index (χ3n) is 4.82. The van der Waals surface area contributed by atoms with E-state index in [1.54, 1.807) is 5.51 Å². The summed E-state index contributed by atoms with van der Waals surface area (Å²) in [5, 5.41) is 2.62. The third-order valence-corrected chi connectivity index (χ3v) is 5.66. The van der Waals surface area contributed by atoms with Gasteiger partial charge in [0, 0.05) is 43.1 Å². The lowest BCUT2D eigenvalue weighted by molar-refractivity contribution is 0.0768. The number of carbonyl (C=O) groups excluding carboxylic acids is 1. The number of benzene rings is 1. The van der Waals surface area contributed by atoms with Gasteiger partial charge in [-0.1, -0.05) is 23.7 Å². The Bertz CT molecular complexity index is 674. The lowest BCUT2D eigenvalue weighted by atomic mass is 10.0. The van der Waals surface area contributed by atoms with Crippen LogP contribution in [0.4, 0.5) is 0 Å². The van der Waals surface area contributed by atoms with Crippen LogP contribution < -0.4 is 0 Å². The minimum absolute atomic E-state index is 0.0879. The fraction of sp³-hybridized carbons (Fsp3) is 0.412. The molecule has 1 aromatic heterocycles. The van der Waals surface area contributed by atoms with E-state index in [1.807, 2.05) is 22.4 Å². The Hall–Kier alpha value is -1.43. The number of nitrogens with zero attached hydrogens (tertiary/aromatic N) is 3. The van der Waals surface area contributed by atoms with Gasteiger partial charge < -0.3 is 4.90 Å². The topological polar surface area (TPSA) is 36.4 Å². The summed E-state index contributed by atoms with van der Waals surface area (Å²) in [5.41, 5.74) is 3.61. The molecular formula is C17H18ClN3OS. The smallest absolute Gasteiger partial charge is 0.273 e. The fourth-order valence-electron chi connectivity index (χ4n) is 3.71. The van der Waals surface area contributed by atoms with E-state index in [2.05, 4.69) is 22.0 Å². The quantitative estimate of drug-likeness (QED) is 0.856. The number of hydrogen-bond acceptors (Lipinski definition) is 4. The van der Waals surface area contributed by atoms with Gasteiger partial charge in [0.15, 0.2) is 0 Å². The second-order valence-electron chi connectivity index (χ2n) is 6.42. The summed E-state index contributed by atoms with van der Waals surface area (Å²) in [6.07, 6.45) is 0. The monoisotopic (exact) mass is 347 g/mol. The zero-order valence-electron chi connectivity index (χ0n) is 12.7. The van der Waals surface area contributed by atoms with Gasteiger partial charge in [-0.15, -0.1) is 11.3 Å². The average molecular weight is 348 g/mol. The highest BCUT2D eigenvalue weighted by Gasteiger charge is 2.41. The number of fused-ring (bicyclic) bond motifs is 1. The Morgan fingerprint density at radius 1 is 1.17 bits per heavy atom. The Balaban J connectivity index is 1.35. The van der Waals surface area contributed by atoms with Crippen LogP contribution in [0.1, 0.15) is 16.1 Å². The van der Waals surface area contributed by atoms with Crippen molar-refractivity contribution in [1.29, 1.82) is 0 Å². The first kappa shape index (κ1) is 15.1. The first-order valence-electron chi connectivity index (χ1n) is 7.83. The second kappa shape index (κ2) is 6.23. The maximum Gasteiger partial charge on any atom is 0.273 e. The molecular weight excluding hydrogens is 330 g/mol. The molecule has 0 N–H and O–H groups in total. The molecule has 0 spiro atoms. The molecule has 0 saturated carbocycles. The maximum absolute atomic E-state index is 12.4. The molecule has 2 atom stereocenters. The molecule has 1 amide bonds. The van der Waals surface area contributed by atoms with Crippen LogP contribution in [0.15, 0.2) is 35.2 Å². The Morgan fingerprint density at radius 3 is 2.48 bits per heavy atom. The molecule has 2 aromatic rings. The third kappa shape index (κ3) is 3.13. The number of carbonyl (C=O) groups is 1. The zero-order chi connectivity index (χ0) is 15.8. The van der Waals surface area contributed by atoms with E-state index in [-0.39, 0.29) is 5.91 Å². The highest BCUT2D eigenvalue weighted by molar-refractivity contribution is 7.07. The van der Waals surface area contributed by atoms with E-state index < -0.39 is 0 Å². The molecule has 0 bridgehead atoms. The Labute approximate surface area is 144 Å². The van der Waals surface area contributed by atoms with Crippen LogP contribution in [0.5, 0.6) is 0 Å². The van der Waals surface area contributed by atoms with Crippen LogP contribution in [0.25, 0.3) is 0 Å². The van der Waals surface area contributed by atoms with E-state index in [1.165, 1.54) is 16.9 Å². The van der Waals surface area contributed by atoms with Crippen molar-refractivity contribution in [3.05, 3.63) is 51.4 Å².